The summed E-state index contributed by atoms with van der Waals surface area (Å²) in [6.45, 7) is 0. The molecule has 0 aliphatic heterocycles. The molecule has 6 aliphatic rings. The molecule has 0 amide bonds. The lowest BCUT2D eigenvalue weighted by molar-refractivity contribution is 0.0959. The second kappa shape index (κ2) is 5.68. The van der Waals surface area contributed by atoms with Gasteiger partial charge in [-0.05, 0) is 30.1 Å². The Balaban J connectivity index is 1.65. The van der Waals surface area contributed by atoms with E-state index in [-0.39, 0.29) is 21.9 Å². The smallest absolute Gasteiger partial charge is 0.113 e. The van der Waals surface area contributed by atoms with Gasteiger partial charge in [-0.25, -0.2) is 0 Å². The Morgan fingerprint density at radius 2 is 0.828 bits per heavy atom. The van der Waals surface area contributed by atoms with Gasteiger partial charge in [-0.15, -0.1) is 69.6 Å². The van der Waals surface area contributed by atoms with Crippen LogP contribution in [0.15, 0.2) is 20.1 Å². The first-order valence-corrected chi connectivity index (χ1v) is 13.2. The fraction of sp³-hybridized carbons (Fsp3) is 0.765. The number of hydrogen-bond acceptors (Lipinski definition) is 0. The molecule has 0 N–H and O–H groups in total. The quantitative estimate of drug-likeness (QED) is 0.184. The molecule has 160 valence electrons. The lowest BCUT2D eigenvalue weighted by atomic mass is 9.61. The minimum Gasteiger partial charge on any atom is -0.113 e. The van der Waals surface area contributed by atoms with E-state index in [1.54, 1.807) is 0 Å². The van der Waals surface area contributed by atoms with Crippen LogP contribution < -0.4 is 0 Å². The topological polar surface area (TPSA) is 0 Å². The zero-order valence-electron chi connectivity index (χ0n) is 13.7. The highest BCUT2D eigenvalue weighted by Gasteiger charge is 2.94. The molecule has 6 rings (SSSR count). The molecule has 0 heterocycles. The van der Waals surface area contributed by atoms with Crippen molar-refractivity contribution in [1.29, 1.82) is 0 Å². The molecule has 12 heteroatoms. The summed E-state index contributed by atoms with van der Waals surface area (Å²) in [6.07, 6.45) is 0.360. The minimum atomic E-state index is -1.69. The van der Waals surface area contributed by atoms with Crippen molar-refractivity contribution in [3.8, 4) is 0 Å². The van der Waals surface area contributed by atoms with Gasteiger partial charge in [0.25, 0.3) is 0 Å². The van der Waals surface area contributed by atoms with Crippen molar-refractivity contribution >= 4 is 139 Å². The Labute approximate surface area is 227 Å². The van der Waals surface area contributed by atoms with E-state index < -0.39 is 51.8 Å². The highest BCUT2D eigenvalue weighted by atomic mass is 35.5. The standard InChI is InChI=1S/C17H8Cl12/c18-8-9(19)13(23)1-12(8,22)2-3(13)7-5-4(6(2)16(7,26)27)14(24)10(20)11(21)15(5,25)17(14,28)29/h2-7H,1H2. The van der Waals surface area contributed by atoms with Crippen LogP contribution in [0.3, 0.4) is 0 Å². The van der Waals surface area contributed by atoms with E-state index in [9.17, 15) is 0 Å². The molecule has 0 radical (unpaired) electrons. The lowest BCUT2D eigenvalue weighted by Gasteiger charge is -2.49. The number of fused-ring (bicyclic) bond motifs is 16. The average Bonchev–Trinajstić information content (AvgIpc) is 3.24. The van der Waals surface area contributed by atoms with Crippen molar-refractivity contribution in [1.82, 2.24) is 0 Å². The van der Waals surface area contributed by atoms with Gasteiger partial charge in [-0.1, -0.05) is 69.6 Å². The third-order valence-corrected chi connectivity index (χ3v) is 16.2. The monoisotopic (exact) mass is 632 g/mol. The number of rotatable bonds is 0. The van der Waals surface area contributed by atoms with E-state index in [2.05, 4.69) is 0 Å². The molecule has 4 fully saturated rings. The summed E-state index contributed by atoms with van der Waals surface area (Å²) in [5.41, 5.74) is 0. The third kappa shape index (κ3) is 1.83. The third-order valence-electron chi connectivity index (χ3n) is 8.37. The van der Waals surface area contributed by atoms with Gasteiger partial charge in [0.1, 0.15) is 14.1 Å². The highest BCUT2D eigenvalue weighted by Crippen LogP contribution is 2.90. The van der Waals surface area contributed by atoms with Crippen LogP contribution in [0.5, 0.6) is 0 Å². The van der Waals surface area contributed by atoms with Crippen LogP contribution in [0.4, 0.5) is 0 Å². The maximum atomic E-state index is 7.10. The number of alkyl halides is 8. The average molecular weight is 638 g/mol. The van der Waals surface area contributed by atoms with E-state index in [0.717, 1.165) is 0 Å². The maximum absolute atomic E-state index is 7.10. The van der Waals surface area contributed by atoms with E-state index in [1.807, 2.05) is 0 Å². The Kier molecular flexibility index (Phi) is 4.39. The number of allylic oxidation sites excluding steroid dienone is 4. The predicted octanol–water partition coefficient (Wildman–Crippen LogP) is 8.79. The van der Waals surface area contributed by atoms with Crippen LogP contribution >= 0.6 is 139 Å². The van der Waals surface area contributed by atoms with Crippen LogP contribution in [0.1, 0.15) is 6.42 Å². The van der Waals surface area contributed by atoms with Gasteiger partial charge in [0.2, 0.25) is 0 Å². The highest BCUT2D eigenvalue weighted by molar-refractivity contribution is 6.66. The molecule has 0 aromatic carbocycles. The largest absolute Gasteiger partial charge is 0.166 e. The van der Waals surface area contributed by atoms with Crippen molar-refractivity contribution in [3.63, 3.8) is 0 Å². The van der Waals surface area contributed by atoms with Crippen LogP contribution in [0.2, 0.25) is 0 Å². The van der Waals surface area contributed by atoms with E-state index in [0.29, 0.717) is 16.5 Å². The van der Waals surface area contributed by atoms with Crippen LogP contribution in [-0.2, 0) is 0 Å². The van der Waals surface area contributed by atoms with Gasteiger partial charge >= 0.3 is 0 Å². The van der Waals surface area contributed by atoms with Crippen molar-refractivity contribution in [3.05, 3.63) is 20.1 Å². The zero-order chi connectivity index (χ0) is 21.5. The Hall–Kier alpha value is 2.96. The van der Waals surface area contributed by atoms with Crippen LogP contribution in [-0.4, -0.2) is 28.2 Å². The second-order valence-electron chi connectivity index (χ2n) is 8.98. The molecule has 0 saturated heterocycles. The van der Waals surface area contributed by atoms with E-state index in [4.69, 9.17) is 139 Å². The van der Waals surface area contributed by atoms with Gasteiger partial charge in [-0.3, -0.25) is 0 Å². The van der Waals surface area contributed by atoms with Crippen LogP contribution in [0, 0.1) is 35.5 Å². The second-order valence-corrected chi connectivity index (χ2v) is 15.8. The predicted molar refractivity (Wildman–Crippen MR) is 126 cm³/mol. The van der Waals surface area contributed by atoms with Crippen molar-refractivity contribution in [2.45, 2.75) is 34.6 Å². The normalized spacial score (nSPS) is 62.5. The van der Waals surface area contributed by atoms with E-state index >= 15 is 0 Å². The summed E-state index contributed by atoms with van der Waals surface area (Å²) in [6, 6.07) is 0. The summed E-state index contributed by atoms with van der Waals surface area (Å²) in [4.78, 5) is -4.98. The van der Waals surface area contributed by atoms with E-state index in [1.165, 1.54) is 0 Å². The molecule has 0 aromatic rings. The fourth-order valence-corrected chi connectivity index (χ4v) is 13.9. The Morgan fingerprint density at radius 3 is 1.17 bits per heavy atom. The maximum Gasteiger partial charge on any atom is 0.166 e. The molecule has 0 nitrogen and oxygen atoms in total. The summed E-state index contributed by atoms with van der Waals surface area (Å²) in [7, 11) is 0. The molecule has 10 unspecified atom stereocenters. The summed E-state index contributed by atoms with van der Waals surface area (Å²) >= 11 is 82.2. The molecule has 6 aliphatic carbocycles. The molecular weight excluding hydrogens is 630 g/mol. The molecule has 6 bridgehead atoms. The van der Waals surface area contributed by atoms with Gasteiger partial charge in [0.05, 0.1) is 29.9 Å². The molecule has 4 saturated carbocycles. The SMILES string of the molecule is ClC1=C(Cl)C2(Cl)CC1(Cl)C1C2C2C3C(C1C2(Cl)Cl)C1(Cl)C(Cl)=C(Cl)C3(Cl)C1(Cl)Cl. The minimum absolute atomic E-state index is 0.113. The van der Waals surface area contributed by atoms with Gasteiger partial charge in [0.15, 0.2) is 4.33 Å². The van der Waals surface area contributed by atoms with Crippen molar-refractivity contribution in [2.24, 2.45) is 35.5 Å². The first-order valence-electron chi connectivity index (χ1n) is 8.71. The summed E-state index contributed by atoms with van der Waals surface area (Å²) < 4.78 is -2.96. The lowest BCUT2D eigenvalue weighted by Crippen LogP contribution is -2.51. The number of halogens is 12. The number of hydrogen-bond donors (Lipinski definition) is 0. The Morgan fingerprint density at radius 1 is 0.483 bits per heavy atom. The van der Waals surface area contributed by atoms with Gasteiger partial charge in [0, 0.05) is 11.8 Å². The molecule has 0 spiro atoms. The Bertz CT molecular complexity index is 899. The molecule has 10 atom stereocenters. The molecule has 29 heavy (non-hydrogen) atoms. The zero-order valence-corrected chi connectivity index (χ0v) is 22.8. The van der Waals surface area contributed by atoms with Crippen molar-refractivity contribution in [2.75, 3.05) is 0 Å². The van der Waals surface area contributed by atoms with Crippen molar-refractivity contribution < 1.29 is 0 Å². The fourth-order valence-electron chi connectivity index (χ4n) is 7.64. The molecular formula is C17H8Cl12. The first-order chi connectivity index (χ1) is 13.1. The van der Waals surface area contributed by atoms with Gasteiger partial charge < -0.3 is 0 Å². The summed E-state index contributed by atoms with van der Waals surface area (Å²) in [5, 5.41) is 0.866. The summed E-state index contributed by atoms with van der Waals surface area (Å²) in [5.74, 6) is -2.52. The first kappa shape index (κ1) is 22.4. The van der Waals surface area contributed by atoms with Gasteiger partial charge in [-0.2, -0.15) is 0 Å². The molecule has 0 aromatic heterocycles. The van der Waals surface area contributed by atoms with Crippen LogP contribution in [0.25, 0.3) is 0 Å².